The van der Waals surface area contributed by atoms with Crippen LogP contribution in [0.3, 0.4) is 0 Å². The predicted molar refractivity (Wildman–Crippen MR) is 218 cm³/mol. The molecule has 0 aliphatic heterocycles. The van der Waals surface area contributed by atoms with E-state index in [0.717, 1.165) is 16.6 Å². The average molecular weight is 647 g/mol. The molecule has 10 aromatic carbocycles. The maximum Gasteiger partial charge on any atom is 0.136 e. The van der Waals surface area contributed by atoms with E-state index >= 15 is 0 Å². The molecule has 236 valence electrons. The minimum atomic E-state index is 0.912. The summed E-state index contributed by atoms with van der Waals surface area (Å²) in [6.07, 6.45) is 0. The van der Waals surface area contributed by atoms with E-state index < -0.39 is 0 Å². The monoisotopic (exact) mass is 646 g/mol. The Hall–Kier alpha value is -6.70. The van der Waals surface area contributed by atoms with E-state index in [9.17, 15) is 0 Å². The van der Waals surface area contributed by atoms with Gasteiger partial charge in [0.1, 0.15) is 11.2 Å². The van der Waals surface area contributed by atoms with Crippen LogP contribution in [0, 0.1) is 0 Å². The molecule has 0 atom stereocenters. The lowest BCUT2D eigenvalue weighted by Crippen LogP contribution is -1.92. The van der Waals surface area contributed by atoms with Gasteiger partial charge in [-0.05, 0) is 112 Å². The largest absolute Gasteiger partial charge is 0.456 e. The molecule has 51 heavy (non-hydrogen) atoms. The van der Waals surface area contributed by atoms with E-state index in [1.807, 2.05) is 0 Å². The minimum Gasteiger partial charge on any atom is -0.456 e. The van der Waals surface area contributed by atoms with Crippen molar-refractivity contribution in [2.75, 3.05) is 0 Å². The molecule has 0 bridgehead atoms. The zero-order valence-corrected chi connectivity index (χ0v) is 27.7. The summed E-state index contributed by atoms with van der Waals surface area (Å²) < 4.78 is 6.36. The summed E-state index contributed by atoms with van der Waals surface area (Å²) in [6.45, 7) is 0. The van der Waals surface area contributed by atoms with E-state index in [4.69, 9.17) is 4.42 Å². The van der Waals surface area contributed by atoms with Gasteiger partial charge >= 0.3 is 0 Å². The number of hydrogen-bond acceptors (Lipinski definition) is 1. The number of rotatable bonds is 3. The standard InChI is InChI=1S/C50H30O/c1-2-13-33-29-35(22-21-31(33)11-1)48-40-17-7-9-19-42(40)49(43-20-10-8-18-41(43)48)44-26-25-36(38-15-5-6-16-39(38)44)34-24-27-46-45(30-34)50-37-14-4-3-12-32(37)23-28-47(50)51-46/h1-30H. The van der Waals surface area contributed by atoms with Crippen LogP contribution in [0.25, 0.3) is 109 Å². The van der Waals surface area contributed by atoms with E-state index in [1.54, 1.807) is 0 Å². The smallest absolute Gasteiger partial charge is 0.136 e. The molecule has 11 rings (SSSR count). The van der Waals surface area contributed by atoms with Crippen molar-refractivity contribution in [2.24, 2.45) is 0 Å². The van der Waals surface area contributed by atoms with Gasteiger partial charge in [0.2, 0.25) is 0 Å². The van der Waals surface area contributed by atoms with Crippen LogP contribution < -0.4 is 0 Å². The molecule has 0 saturated heterocycles. The highest BCUT2D eigenvalue weighted by molar-refractivity contribution is 6.25. The van der Waals surface area contributed by atoms with Gasteiger partial charge in [0, 0.05) is 10.8 Å². The van der Waals surface area contributed by atoms with Crippen LogP contribution in [0.5, 0.6) is 0 Å². The molecular formula is C50H30O. The molecule has 0 spiro atoms. The van der Waals surface area contributed by atoms with Crippen molar-refractivity contribution >= 4 is 75.8 Å². The first-order chi connectivity index (χ1) is 25.3. The van der Waals surface area contributed by atoms with Crippen LogP contribution in [0.4, 0.5) is 0 Å². The minimum absolute atomic E-state index is 0.912. The fourth-order valence-corrected chi connectivity index (χ4v) is 8.56. The van der Waals surface area contributed by atoms with Gasteiger partial charge in [0.05, 0.1) is 0 Å². The summed E-state index contributed by atoms with van der Waals surface area (Å²) in [7, 11) is 0. The normalized spacial score (nSPS) is 11.9. The van der Waals surface area contributed by atoms with Crippen LogP contribution >= 0.6 is 0 Å². The van der Waals surface area contributed by atoms with Crippen molar-refractivity contribution in [1.29, 1.82) is 0 Å². The molecule has 0 saturated carbocycles. The van der Waals surface area contributed by atoms with Crippen molar-refractivity contribution in [3.05, 3.63) is 182 Å². The van der Waals surface area contributed by atoms with Gasteiger partial charge in [0.15, 0.2) is 0 Å². The first-order valence-corrected chi connectivity index (χ1v) is 17.6. The van der Waals surface area contributed by atoms with Gasteiger partial charge in [-0.2, -0.15) is 0 Å². The first kappa shape index (κ1) is 28.2. The van der Waals surface area contributed by atoms with Gasteiger partial charge in [-0.3, -0.25) is 0 Å². The first-order valence-electron chi connectivity index (χ1n) is 17.6. The predicted octanol–water partition coefficient (Wildman–Crippen LogP) is 14.4. The third-order valence-corrected chi connectivity index (χ3v) is 10.8. The quantitative estimate of drug-likeness (QED) is 0.174. The topological polar surface area (TPSA) is 13.1 Å². The Bertz CT molecular complexity index is 3140. The molecule has 0 amide bonds. The molecule has 0 N–H and O–H groups in total. The molecule has 1 nitrogen and oxygen atoms in total. The van der Waals surface area contributed by atoms with Crippen molar-refractivity contribution < 1.29 is 4.42 Å². The van der Waals surface area contributed by atoms with Gasteiger partial charge < -0.3 is 4.42 Å². The summed E-state index contributed by atoms with van der Waals surface area (Å²) in [5, 5.41) is 14.8. The lowest BCUT2D eigenvalue weighted by atomic mass is 9.83. The second-order valence-corrected chi connectivity index (χ2v) is 13.6. The van der Waals surface area contributed by atoms with Crippen LogP contribution in [-0.4, -0.2) is 0 Å². The van der Waals surface area contributed by atoms with E-state index in [0.29, 0.717) is 0 Å². The summed E-state index contributed by atoms with van der Waals surface area (Å²) in [6, 6.07) is 66.4. The van der Waals surface area contributed by atoms with Crippen LogP contribution in [0.15, 0.2) is 186 Å². The van der Waals surface area contributed by atoms with E-state index in [-0.39, 0.29) is 0 Å². The number of furan rings is 1. The van der Waals surface area contributed by atoms with Gasteiger partial charge in [0.25, 0.3) is 0 Å². The molecule has 0 aliphatic carbocycles. The Morgan fingerprint density at radius 1 is 0.275 bits per heavy atom. The van der Waals surface area contributed by atoms with E-state index in [1.165, 1.54) is 92.6 Å². The van der Waals surface area contributed by atoms with Crippen molar-refractivity contribution in [3.8, 4) is 33.4 Å². The third-order valence-electron chi connectivity index (χ3n) is 10.8. The van der Waals surface area contributed by atoms with Gasteiger partial charge in [-0.25, -0.2) is 0 Å². The number of fused-ring (bicyclic) bond motifs is 9. The maximum absolute atomic E-state index is 6.36. The summed E-state index contributed by atoms with van der Waals surface area (Å²) in [5.74, 6) is 0. The highest BCUT2D eigenvalue weighted by Gasteiger charge is 2.20. The zero-order chi connectivity index (χ0) is 33.5. The van der Waals surface area contributed by atoms with Crippen LogP contribution in [0.1, 0.15) is 0 Å². The highest BCUT2D eigenvalue weighted by Crippen LogP contribution is 2.47. The molecule has 0 aliphatic rings. The zero-order valence-electron chi connectivity index (χ0n) is 27.7. The molecule has 1 aromatic heterocycles. The molecule has 11 aromatic rings. The van der Waals surface area contributed by atoms with Crippen LogP contribution in [-0.2, 0) is 0 Å². The van der Waals surface area contributed by atoms with Gasteiger partial charge in [-0.1, -0.05) is 158 Å². The Labute approximate surface area is 294 Å². The maximum atomic E-state index is 6.36. The Morgan fingerprint density at radius 3 is 1.51 bits per heavy atom. The van der Waals surface area contributed by atoms with Crippen molar-refractivity contribution in [3.63, 3.8) is 0 Å². The SMILES string of the molecule is c1ccc2cc(-c3c4ccccc4c(-c4ccc(-c5ccc6oc7ccc8ccccc8c7c6c5)c5ccccc45)c4ccccc34)ccc2c1. The second-order valence-electron chi connectivity index (χ2n) is 13.6. The fourth-order valence-electron chi connectivity index (χ4n) is 8.56. The fraction of sp³-hybridized carbons (Fsp3) is 0. The van der Waals surface area contributed by atoms with Crippen LogP contribution in [0.2, 0.25) is 0 Å². The summed E-state index contributed by atoms with van der Waals surface area (Å²) in [4.78, 5) is 0. The molecule has 0 unspecified atom stereocenters. The molecular weight excluding hydrogens is 617 g/mol. The van der Waals surface area contributed by atoms with Crippen molar-refractivity contribution in [1.82, 2.24) is 0 Å². The average Bonchev–Trinajstić information content (AvgIpc) is 3.58. The second kappa shape index (κ2) is 10.9. The number of hydrogen-bond donors (Lipinski definition) is 0. The van der Waals surface area contributed by atoms with Crippen molar-refractivity contribution in [2.45, 2.75) is 0 Å². The van der Waals surface area contributed by atoms with Gasteiger partial charge in [-0.15, -0.1) is 0 Å². The lowest BCUT2D eigenvalue weighted by Gasteiger charge is -2.20. The lowest BCUT2D eigenvalue weighted by molar-refractivity contribution is 0.669. The summed E-state index contributed by atoms with van der Waals surface area (Å²) in [5.41, 5.74) is 9.27. The molecule has 0 radical (unpaired) electrons. The van der Waals surface area contributed by atoms with E-state index in [2.05, 4.69) is 182 Å². The summed E-state index contributed by atoms with van der Waals surface area (Å²) >= 11 is 0. The third kappa shape index (κ3) is 4.22. The molecule has 1 heteroatoms. The number of benzene rings is 10. The Balaban J connectivity index is 1.17. The Kier molecular flexibility index (Phi) is 6.02. The Morgan fingerprint density at radius 2 is 0.784 bits per heavy atom. The molecule has 1 heterocycles. The highest BCUT2D eigenvalue weighted by atomic mass is 16.3. The molecule has 0 fully saturated rings.